The Morgan fingerprint density at radius 3 is 2.75 bits per heavy atom. The summed E-state index contributed by atoms with van der Waals surface area (Å²) in [6.07, 6.45) is 1.96. The summed E-state index contributed by atoms with van der Waals surface area (Å²) < 4.78 is 12.6. The number of phenols is 1. The predicted molar refractivity (Wildman–Crippen MR) is 96.8 cm³/mol. The molecule has 1 aromatic rings. The minimum atomic E-state index is -1.21. The maximum Gasteiger partial charge on any atom is 0.139 e. The number of amidine groups is 1. The van der Waals surface area contributed by atoms with Crippen LogP contribution in [0.2, 0.25) is 0 Å². The van der Waals surface area contributed by atoms with Gasteiger partial charge in [-0.25, -0.2) is 9.20 Å². The van der Waals surface area contributed by atoms with Crippen molar-refractivity contribution in [1.29, 1.82) is 0 Å². The van der Waals surface area contributed by atoms with Gasteiger partial charge in [0.1, 0.15) is 16.6 Å². The molecule has 2 N–H and O–H groups in total. The van der Waals surface area contributed by atoms with Crippen LogP contribution in [0.15, 0.2) is 44.8 Å². The SMILES string of the molecule is CC1=CC2=C(Nc3cc(O)ccc3N=C2N2CCN(C)CC2)S1=O. The Morgan fingerprint density at radius 1 is 1.25 bits per heavy atom. The second-order valence-corrected chi connectivity index (χ2v) is 7.91. The van der Waals surface area contributed by atoms with E-state index in [1.165, 1.54) is 0 Å². The molecule has 1 saturated heterocycles. The third kappa shape index (κ3) is 2.53. The van der Waals surface area contributed by atoms with Crippen molar-refractivity contribution in [1.82, 2.24) is 9.80 Å². The number of phenolic OH excluding ortho intramolecular Hbond substituents is 1. The van der Waals surface area contributed by atoms with E-state index in [0.717, 1.165) is 48.2 Å². The van der Waals surface area contributed by atoms with Crippen LogP contribution in [0.4, 0.5) is 11.4 Å². The molecule has 0 radical (unpaired) electrons. The van der Waals surface area contributed by atoms with Crippen LogP contribution in [0, 0.1) is 0 Å². The van der Waals surface area contributed by atoms with E-state index in [9.17, 15) is 9.32 Å². The van der Waals surface area contributed by atoms with Crippen LogP contribution >= 0.6 is 0 Å². The zero-order valence-corrected chi connectivity index (χ0v) is 14.6. The van der Waals surface area contributed by atoms with E-state index in [0.29, 0.717) is 10.7 Å². The molecule has 0 spiro atoms. The van der Waals surface area contributed by atoms with Gasteiger partial charge in [0.25, 0.3) is 0 Å². The van der Waals surface area contributed by atoms with Gasteiger partial charge in [0, 0.05) is 37.2 Å². The second kappa shape index (κ2) is 5.75. The van der Waals surface area contributed by atoms with Crippen LogP contribution in [0.3, 0.4) is 0 Å². The fourth-order valence-corrected chi connectivity index (χ4v) is 4.24. The van der Waals surface area contributed by atoms with Gasteiger partial charge in [0.2, 0.25) is 0 Å². The molecule has 0 amide bonds. The summed E-state index contributed by atoms with van der Waals surface area (Å²) in [4.78, 5) is 10.2. The van der Waals surface area contributed by atoms with Crippen LogP contribution < -0.4 is 5.32 Å². The quantitative estimate of drug-likeness (QED) is 0.753. The van der Waals surface area contributed by atoms with Gasteiger partial charge < -0.3 is 20.2 Å². The molecule has 24 heavy (non-hydrogen) atoms. The van der Waals surface area contributed by atoms with E-state index in [1.54, 1.807) is 18.2 Å². The molecule has 3 aliphatic rings. The van der Waals surface area contributed by atoms with E-state index in [4.69, 9.17) is 4.99 Å². The second-order valence-electron chi connectivity index (χ2n) is 6.32. The Labute approximate surface area is 143 Å². The highest BCUT2D eigenvalue weighted by atomic mass is 32.2. The first-order valence-electron chi connectivity index (χ1n) is 8.00. The molecule has 3 heterocycles. The molecule has 1 atom stereocenters. The van der Waals surface area contributed by atoms with Gasteiger partial charge in [-0.15, -0.1) is 0 Å². The number of aromatic hydroxyl groups is 1. The first kappa shape index (κ1) is 15.4. The van der Waals surface area contributed by atoms with Crippen molar-refractivity contribution in [3.8, 4) is 5.75 Å². The molecule has 1 fully saturated rings. The minimum Gasteiger partial charge on any atom is -0.508 e. The number of likely N-dealkylation sites (N-methyl/N-ethyl adjacent to an activating group) is 1. The topological polar surface area (TPSA) is 68.2 Å². The van der Waals surface area contributed by atoms with E-state index >= 15 is 0 Å². The maximum absolute atomic E-state index is 12.6. The molecule has 4 rings (SSSR count). The molecule has 3 aliphatic heterocycles. The lowest BCUT2D eigenvalue weighted by Crippen LogP contribution is -2.47. The summed E-state index contributed by atoms with van der Waals surface area (Å²) in [5.41, 5.74) is 2.33. The van der Waals surface area contributed by atoms with Crippen LogP contribution in [0.5, 0.6) is 5.75 Å². The largest absolute Gasteiger partial charge is 0.508 e. The number of nitrogens with one attached hydrogen (secondary N) is 1. The summed E-state index contributed by atoms with van der Waals surface area (Å²) in [7, 11) is 0.905. The van der Waals surface area contributed by atoms with Crippen molar-refractivity contribution in [3.05, 3.63) is 39.8 Å². The van der Waals surface area contributed by atoms with E-state index in [-0.39, 0.29) is 5.75 Å². The molecule has 126 valence electrons. The number of fused-ring (bicyclic) bond motifs is 1. The molecule has 7 heteroatoms. The number of benzene rings is 1. The first-order valence-corrected chi connectivity index (χ1v) is 9.15. The number of aliphatic imine (C=N–C) groups is 1. The third-order valence-corrected chi connectivity index (χ3v) is 5.96. The summed E-state index contributed by atoms with van der Waals surface area (Å²) in [6, 6.07) is 5.04. The highest BCUT2D eigenvalue weighted by Crippen LogP contribution is 2.38. The molecule has 1 aromatic carbocycles. The molecular weight excluding hydrogens is 324 g/mol. The Kier molecular flexibility index (Phi) is 3.69. The number of nitrogens with zero attached hydrogens (tertiary/aromatic N) is 3. The number of anilines is 1. The normalized spacial score (nSPS) is 23.9. The third-order valence-electron chi connectivity index (χ3n) is 4.57. The van der Waals surface area contributed by atoms with Crippen LogP contribution in [0.1, 0.15) is 6.92 Å². The summed E-state index contributed by atoms with van der Waals surface area (Å²) in [5, 5.41) is 13.7. The zero-order valence-electron chi connectivity index (χ0n) is 13.7. The summed E-state index contributed by atoms with van der Waals surface area (Å²) >= 11 is 0. The van der Waals surface area contributed by atoms with Crippen molar-refractivity contribution in [2.75, 3.05) is 38.5 Å². The van der Waals surface area contributed by atoms with E-state index < -0.39 is 10.8 Å². The van der Waals surface area contributed by atoms with E-state index in [1.807, 2.05) is 13.0 Å². The lowest BCUT2D eigenvalue weighted by atomic mass is 10.2. The van der Waals surface area contributed by atoms with Crippen LogP contribution in [-0.2, 0) is 10.8 Å². The van der Waals surface area contributed by atoms with Crippen LogP contribution in [0.25, 0.3) is 0 Å². The Bertz CT molecular complexity index is 820. The molecule has 1 unspecified atom stereocenters. The lowest BCUT2D eigenvalue weighted by molar-refractivity contribution is 0.216. The van der Waals surface area contributed by atoms with Crippen LogP contribution in [-0.4, -0.2) is 58.2 Å². The highest BCUT2D eigenvalue weighted by Gasteiger charge is 2.31. The van der Waals surface area contributed by atoms with Crippen molar-refractivity contribution in [3.63, 3.8) is 0 Å². The monoisotopic (exact) mass is 344 g/mol. The molecule has 0 aromatic heterocycles. The average Bonchev–Trinajstić information content (AvgIpc) is 2.75. The van der Waals surface area contributed by atoms with Gasteiger partial charge in [-0.2, -0.15) is 0 Å². The number of hydrogen-bond acceptors (Lipinski definition) is 6. The van der Waals surface area contributed by atoms with Crippen molar-refractivity contribution >= 4 is 28.0 Å². The van der Waals surface area contributed by atoms with Gasteiger partial charge >= 0.3 is 0 Å². The Balaban J connectivity index is 1.83. The van der Waals surface area contributed by atoms with Gasteiger partial charge in [-0.3, -0.25) is 0 Å². The maximum atomic E-state index is 12.6. The first-order chi connectivity index (χ1) is 11.5. The van der Waals surface area contributed by atoms with Crippen molar-refractivity contribution in [2.45, 2.75) is 6.92 Å². The number of piperazine rings is 1. The van der Waals surface area contributed by atoms with Gasteiger partial charge in [0.05, 0.1) is 27.7 Å². The van der Waals surface area contributed by atoms with Gasteiger partial charge in [0.15, 0.2) is 0 Å². The van der Waals surface area contributed by atoms with Crippen molar-refractivity contribution in [2.24, 2.45) is 4.99 Å². The summed E-state index contributed by atoms with van der Waals surface area (Å²) in [6.45, 7) is 5.60. The number of hydrogen-bond donors (Lipinski definition) is 2. The fourth-order valence-electron chi connectivity index (χ4n) is 3.14. The van der Waals surface area contributed by atoms with Gasteiger partial charge in [-0.05, 0) is 32.2 Å². The lowest BCUT2D eigenvalue weighted by Gasteiger charge is -2.34. The highest BCUT2D eigenvalue weighted by molar-refractivity contribution is 7.93. The summed E-state index contributed by atoms with van der Waals surface area (Å²) in [5.74, 6) is 1.02. The number of allylic oxidation sites excluding steroid dienone is 1. The standard InChI is InChI=1S/C17H20N4O2S/c1-11-9-13-16(21-7-5-20(2)6-8-21)18-14-4-3-12(22)10-15(14)19-17(13)24(11)23/h3-4,9-10,19,22H,5-8H2,1-2H3. The Morgan fingerprint density at radius 2 is 2.00 bits per heavy atom. The van der Waals surface area contributed by atoms with Crippen molar-refractivity contribution < 1.29 is 9.32 Å². The zero-order chi connectivity index (χ0) is 16.8. The minimum absolute atomic E-state index is 0.162. The molecular formula is C17H20N4O2S. The molecule has 6 nitrogen and oxygen atoms in total. The molecule has 0 saturated carbocycles. The number of rotatable bonds is 0. The predicted octanol–water partition coefficient (Wildman–Crippen LogP) is 1.97. The fraction of sp³-hybridized carbons (Fsp3) is 0.353. The Hall–Kier alpha value is -2.12. The molecule has 0 aliphatic carbocycles. The average molecular weight is 344 g/mol. The van der Waals surface area contributed by atoms with Gasteiger partial charge in [-0.1, -0.05) is 0 Å². The smallest absolute Gasteiger partial charge is 0.139 e. The van der Waals surface area contributed by atoms with E-state index in [2.05, 4.69) is 22.2 Å². The molecule has 0 bridgehead atoms.